The molecule has 1 N–H and O–H groups in total. The van der Waals surface area contributed by atoms with Crippen molar-refractivity contribution in [1.82, 2.24) is 4.90 Å². The van der Waals surface area contributed by atoms with E-state index in [2.05, 4.69) is 0 Å². The lowest BCUT2D eigenvalue weighted by atomic mass is 9.94. The second-order valence-electron chi connectivity index (χ2n) is 7.43. The third-order valence-corrected chi connectivity index (χ3v) is 5.72. The number of Topliss-reactive ketones (excluding diaryl/α,β-unsaturated/α-hetero) is 1. The first-order chi connectivity index (χ1) is 11.9. The van der Waals surface area contributed by atoms with E-state index in [1.54, 1.807) is 0 Å². The zero-order chi connectivity index (χ0) is 18.1. The summed E-state index contributed by atoms with van der Waals surface area (Å²) < 4.78 is 0. The van der Waals surface area contributed by atoms with Gasteiger partial charge < -0.3 is 10.0 Å². The number of fused-ring (bicyclic) bond motifs is 1. The summed E-state index contributed by atoms with van der Waals surface area (Å²) in [5.41, 5.74) is 2.57. The molecular formula is C20H25NO4. The molecule has 2 aliphatic rings. The third kappa shape index (κ3) is 3.46. The van der Waals surface area contributed by atoms with Crippen LogP contribution in [0.4, 0.5) is 0 Å². The monoisotopic (exact) mass is 343 g/mol. The molecule has 1 aliphatic heterocycles. The lowest BCUT2D eigenvalue weighted by molar-refractivity contribution is -0.149. The first kappa shape index (κ1) is 17.6. The van der Waals surface area contributed by atoms with Crippen LogP contribution in [0.5, 0.6) is 0 Å². The van der Waals surface area contributed by atoms with Crippen LogP contribution in [-0.2, 0) is 9.59 Å². The minimum Gasteiger partial charge on any atom is -0.480 e. The van der Waals surface area contributed by atoms with Crippen molar-refractivity contribution in [3.63, 3.8) is 0 Å². The topological polar surface area (TPSA) is 74.7 Å². The summed E-state index contributed by atoms with van der Waals surface area (Å²) in [6.45, 7) is 4.34. The van der Waals surface area contributed by atoms with Crippen molar-refractivity contribution >= 4 is 17.7 Å². The van der Waals surface area contributed by atoms with Gasteiger partial charge in [0.25, 0.3) is 0 Å². The fraction of sp³-hybridized carbons (Fsp3) is 0.550. The van der Waals surface area contributed by atoms with E-state index >= 15 is 0 Å². The zero-order valence-electron chi connectivity index (χ0n) is 14.8. The van der Waals surface area contributed by atoms with Crippen molar-refractivity contribution in [2.45, 2.75) is 52.0 Å². The zero-order valence-corrected chi connectivity index (χ0v) is 14.8. The van der Waals surface area contributed by atoms with Gasteiger partial charge >= 0.3 is 5.97 Å². The quantitative estimate of drug-likeness (QED) is 0.834. The van der Waals surface area contributed by atoms with Crippen LogP contribution in [-0.4, -0.2) is 40.3 Å². The minimum atomic E-state index is -0.913. The third-order valence-electron chi connectivity index (χ3n) is 5.72. The Morgan fingerprint density at radius 3 is 2.64 bits per heavy atom. The average molecular weight is 343 g/mol. The number of ketones is 1. The molecule has 1 aromatic rings. The maximum atomic E-state index is 12.6. The van der Waals surface area contributed by atoms with Gasteiger partial charge in [0.05, 0.1) is 0 Å². The Bertz CT molecular complexity index is 712. The highest BCUT2D eigenvalue weighted by Gasteiger charge is 2.49. The van der Waals surface area contributed by atoms with Gasteiger partial charge in [0.2, 0.25) is 5.91 Å². The van der Waals surface area contributed by atoms with Crippen molar-refractivity contribution in [3.05, 3.63) is 34.9 Å². The molecule has 1 saturated heterocycles. The molecule has 1 aromatic carbocycles. The molecule has 1 amide bonds. The number of carboxylic acids is 1. The van der Waals surface area contributed by atoms with Crippen LogP contribution in [0.15, 0.2) is 18.2 Å². The summed E-state index contributed by atoms with van der Waals surface area (Å²) >= 11 is 0. The number of hydrogen-bond donors (Lipinski definition) is 1. The molecule has 0 aromatic heterocycles. The fourth-order valence-corrected chi connectivity index (χ4v) is 4.41. The molecule has 5 heteroatoms. The van der Waals surface area contributed by atoms with Crippen LogP contribution < -0.4 is 0 Å². The van der Waals surface area contributed by atoms with Gasteiger partial charge in [0.1, 0.15) is 6.04 Å². The molecular weight excluding hydrogens is 318 g/mol. The molecule has 3 atom stereocenters. The largest absolute Gasteiger partial charge is 0.480 e. The van der Waals surface area contributed by atoms with E-state index in [9.17, 15) is 19.5 Å². The predicted octanol–water partition coefficient (Wildman–Crippen LogP) is 2.98. The Balaban J connectivity index is 1.65. The number of rotatable bonds is 5. The average Bonchev–Trinajstić information content (AvgIpc) is 3.14. The van der Waals surface area contributed by atoms with E-state index in [0.29, 0.717) is 18.0 Å². The van der Waals surface area contributed by atoms with E-state index in [1.165, 1.54) is 4.90 Å². The molecule has 3 rings (SSSR count). The SMILES string of the molecule is Cc1ccc(C)c(C(=O)CCC(=O)N2CC3CCCC3C2C(=O)O)c1. The molecule has 0 spiro atoms. The second kappa shape index (κ2) is 6.98. The number of aliphatic carboxylic acids is 1. The number of carboxylic acid groups (broad SMARTS) is 1. The Morgan fingerprint density at radius 2 is 1.92 bits per heavy atom. The van der Waals surface area contributed by atoms with E-state index in [1.807, 2.05) is 32.0 Å². The molecule has 25 heavy (non-hydrogen) atoms. The maximum Gasteiger partial charge on any atom is 0.326 e. The van der Waals surface area contributed by atoms with Crippen molar-refractivity contribution in [2.24, 2.45) is 11.8 Å². The summed E-state index contributed by atoms with van der Waals surface area (Å²) in [7, 11) is 0. The normalized spacial score (nSPS) is 25.0. The van der Waals surface area contributed by atoms with Crippen LogP contribution in [0.3, 0.4) is 0 Å². The smallest absolute Gasteiger partial charge is 0.326 e. The molecule has 134 valence electrons. The number of carbonyl (C=O) groups is 3. The maximum absolute atomic E-state index is 12.6. The molecule has 1 aliphatic carbocycles. The lowest BCUT2D eigenvalue weighted by Gasteiger charge is -2.24. The Labute approximate surface area is 148 Å². The summed E-state index contributed by atoms with van der Waals surface area (Å²) in [5.74, 6) is -0.791. The Hall–Kier alpha value is -2.17. The lowest BCUT2D eigenvalue weighted by Crippen LogP contribution is -2.43. The van der Waals surface area contributed by atoms with Crippen LogP contribution in [0, 0.1) is 25.7 Å². The van der Waals surface area contributed by atoms with Crippen LogP contribution in [0.1, 0.15) is 53.6 Å². The van der Waals surface area contributed by atoms with Crippen molar-refractivity contribution < 1.29 is 19.5 Å². The van der Waals surface area contributed by atoms with E-state index in [0.717, 1.165) is 30.4 Å². The van der Waals surface area contributed by atoms with Crippen molar-refractivity contribution in [1.29, 1.82) is 0 Å². The Kier molecular flexibility index (Phi) is 4.93. The number of nitrogens with zero attached hydrogens (tertiary/aromatic N) is 1. The van der Waals surface area contributed by atoms with Gasteiger partial charge in [0, 0.05) is 24.9 Å². The molecule has 1 heterocycles. The molecule has 3 unspecified atom stereocenters. The Morgan fingerprint density at radius 1 is 1.16 bits per heavy atom. The number of carbonyl (C=O) groups excluding carboxylic acids is 2. The number of aryl methyl sites for hydroxylation is 2. The van der Waals surface area contributed by atoms with Gasteiger partial charge in [-0.3, -0.25) is 9.59 Å². The number of amides is 1. The second-order valence-corrected chi connectivity index (χ2v) is 7.43. The molecule has 2 fully saturated rings. The summed E-state index contributed by atoms with van der Waals surface area (Å²) in [5, 5.41) is 9.54. The number of hydrogen-bond acceptors (Lipinski definition) is 3. The summed E-state index contributed by atoms with van der Waals surface area (Å²) in [6, 6.07) is 5.00. The highest BCUT2D eigenvalue weighted by atomic mass is 16.4. The van der Waals surface area contributed by atoms with E-state index in [4.69, 9.17) is 0 Å². The van der Waals surface area contributed by atoms with Crippen molar-refractivity contribution in [3.8, 4) is 0 Å². The van der Waals surface area contributed by atoms with Gasteiger partial charge in [0.15, 0.2) is 5.78 Å². The van der Waals surface area contributed by atoms with Gasteiger partial charge in [-0.05, 0) is 50.2 Å². The highest BCUT2D eigenvalue weighted by Crippen LogP contribution is 2.42. The minimum absolute atomic E-state index is 0.0548. The standard InChI is InChI=1S/C20H25NO4/c1-12-6-7-13(2)16(10-12)17(22)8-9-18(23)21-11-14-4-3-5-15(14)19(21)20(24)25/h6-7,10,14-15,19H,3-5,8-9,11H2,1-2H3,(H,24,25). The van der Waals surface area contributed by atoms with Crippen LogP contribution in [0.25, 0.3) is 0 Å². The first-order valence-electron chi connectivity index (χ1n) is 9.01. The summed E-state index contributed by atoms with van der Waals surface area (Å²) in [4.78, 5) is 38.2. The molecule has 0 bridgehead atoms. The van der Waals surface area contributed by atoms with E-state index < -0.39 is 12.0 Å². The van der Waals surface area contributed by atoms with Gasteiger partial charge in [-0.25, -0.2) is 4.79 Å². The summed E-state index contributed by atoms with van der Waals surface area (Å²) in [6.07, 6.45) is 3.13. The first-order valence-corrected chi connectivity index (χ1v) is 9.01. The van der Waals surface area contributed by atoms with Gasteiger partial charge in [-0.1, -0.05) is 24.1 Å². The predicted molar refractivity (Wildman–Crippen MR) is 93.4 cm³/mol. The highest BCUT2D eigenvalue weighted by molar-refractivity contribution is 5.99. The molecule has 5 nitrogen and oxygen atoms in total. The molecule has 1 saturated carbocycles. The molecule has 0 radical (unpaired) electrons. The van der Waals surface area contributed by atoms with Crippen LogP contribution in [0.2, 0.25) is 0 Å². The van der Waals surface area contributed by atoms with Crippen molar-refractivity contribution in [2.75, 3.05) is 6.54 Å². The van der Waals surface area contributed by atoms with E-state index in [-0.39, 0.29) is 30.4 Å². The number of likely N-dealkylation sites (tertiary alicyclic amines) is 1. The van der Waals surface area contributed by atoms with Crippen LogP contribution >= 0.6 is 0 Å². The fourth-order valence-electron chi connectivity index (χ4n) is 4.41. The van der Waals surface area contributed by atoms with Gasteiger partial charge in [-0.15, -0.1) is 0 Å². The van der Waals surface area contributed by atoms with Gasteiger partial charge in [-0.2, -0.15) is 0 Å². The number of benzene rings is 1.